The number of rotatable bonds is 7. The molecule has 1 unspecified atom stereocenters. The number of amides is 1. The van der Waals surface area contributed by atoms with E-state index in [9.17, 15) is 19.8 Å². The maximum atomic E-state index is 13.5. The molecule has 1 saturated heterocycles. The van der Waals surface area contributed by atoms with Crippen LogP contribution >= 0.6 is 11.6 Å². The molecular weight excluding hydrogens is 504 g/mol. The lowest BCUT2D eigenvalue weighted by Gasteiger charge is -2.27. The Labute approximate surface area is 227 Å². The van der Waals surface area contributed by atoms with Gasteiger partial charge in [0.2, 0.25) is 0 Å². The average molecular weight is 535 g/mol. The molecule has 3 aromatic rings. The minimum atomic E-state index is -1.00. The molecule has 1 aliphatic heterocycles. The second kappa shape index (κ2) is 10.8. The van der Waals surface area contributed by atoms with E-state index in [0.29, 0.717) is 5.56 Å². The van der Waals surface area contributed by atoms with Crippen molar-refractivity contribution in [2.45, 2.75) is 33.7 Å². The van der Waals surface area contributed by atoms with Crippen LogP contribution in [0, 0.1) is 13.8 Å². The zero-order valence-corrected chi connectivity index (χ0v) is 22.8. The molecule has 3 aromatic carbocycles. The summed E-state index contributed by atoms with van der Waals surface area (Å²) in [6.45, 7) is 9.39. The van der Waals surface area contributed by atoms with Crippen molar-refractivity contribution in [3.63, 3.8) is 0 Å². The minimum Gasteiger partial charge on any atom is -0.507 e. The van der Waals surface area contributed by atoms with Crippen LogP contribution in [0.5, 0.6) is 11.5 Å². The van der Waals surface area contributed by atoms with Crippen LogP contribution in [0.4, 0.5) is 11.4 Å². The number of phenols is 1. The summed E-state index contributed by atoms with van der Waals surface area (Å²) in [7, 11) is 1.42. The van der Waals surface area contributed by atoms with Crippen molar-refractivity contribution in [3.05, 3.63) is 87.4 Å². The number of aliphatic hydroxyl groups excluding tert-OH is 1. The SMILES string of the molecule is CCN(CC)c1ccc(C2/C(=C(\O)c3cc(C)cc(Cl)c3OC)C(=O)C(=O)N2c2cc(C)ccc2O)cc1. The van der Waals surface area contributed by atoms with Crippen molar-refractivity contribution in [1.82, 2.24) is 0 Å². The van der Waals surface area contributed by atoms with Crippen LogP contribution in [0.3, 0.4) is 0 Å². The Bertz CT molecular complexity index is 1430. The summed E-state index contributed by atoms with van der Waals surface area (Å²) in [6.07, 6.45) is 0. The van der Waals surface area contributed by atoms with Gasteiger partial charge in [-0.3, -0.25) is 14.5 Å². The number of carbonyl (C=O) groups is 2. The number of aliphatic hydroxyl groups is 1. The topological polar surface area (TPSA) is 90.3 Å². The fraction of sp³-hybridized carbons (Fsp3) is 0.267. The number of ketones is 1. The van der Waals surface area contributed by atoms with Crippen LogP contribution in [-0.4, -0.2) is 42.1 Å². The van der Waals surface area contributed by atoms with Gasteiger partial charge in [0.25, 0.3) is 11.7 Å². The number of halogens is 1. The molecular formula is C30H31ClN2O5. The summed E-state index contributed by atoms with van der Waals surface area (Å²) in [5.74, 6) is -2.10. The molecule has 7 nitrogen and oxygen atoms in total. The van der Waals surface area contributed by atoms with Crippen LogP contribution in [0.1, 0.15) is 42.1 Å². The predicted molar refractivity (Wildman–Crippen MR) is 150 cm³/mol. The number of ether oxygens (including phenoxy) is 1. The molecule has 1 amide bonds. The van der Waals surface area contributed by atoms with E-state index in [2.05, 4.69) is 18.7 Å². The van der Waals surface area contributed by atoms with Gasteiger partial charge in [-0.25, -0.2) is 0 Å². The van der Waals surface area contributed by atoms with E-state index < -0.39 is 23.5 Å². The number of hydrogen-bond acceptors (Lipinski definition) is 6. The molecule has 0 aromatic heterocycles. The molecule has 8 heteroatoms. The summed E-state index contributed by atoms with van der Waals surface area (Å²) in [5.41, 5.74) is 3.38. The Kier molecular flexibility index (Phi) is 7.69. The Balaban J connectivity index is 2.00. The van der Waals surface area contributed by atoms with E-state index in [-0.39, 0.29) is 33.3 Å². The molecule has 1 atom stereocenters. The van der Waals surface area contributed by atoms with E-state index in [4.69, 9.17) is 16.3 Å². The smallest absolute Gasteiger partial charge is 0.300 e. The third-order valence-electron chi connectivity index (χ3n) is 6.82. The lowest BCUT2D eigenvalue weighted by atomic mass is 9.94. The number of methoxy groups -OCH3 is 1. The lowest BCUT2D eigenvalue weighted by molar-refractivity contribution is -0.132. The van der Waals surface area contributed by atoms with Gasteiger partial charge in [-0.05, 0) is 80.8 Å². The van der Waals surface area contributed by atoms with E-state index >= 15 is 0 Å². The Hall–Kier alpha value is -3.97. The number of nitrogens with zero attached hydrogens (tertiary/aromatic N) is 2. The molecule has 4 rings (SSSR count). The second-order valence-corrected chi connectivity index (χ2v) is 9.66. The van der Waals surface area contributed by atoms with E-state index in [1.165, 1.54) is 18.1 Å². The van der Waals surface area contributed by atoms with Gasteiger partial charge >= 0.3 is 0 Å². The quantitative estimate of drug-likeness (QED) is 0.215. The van der Waals surface area contributed by atoms with Crippen LogP contribution < -0.4 is 14.5 Å². The molecule has 0 radical (unpaired) electrons. The summed E-state index contributed by atoms with van der Waals surface area (Å²) < 4.78 is 5.45. The molecule has 38 heavy (non-hydrogen) atoms. The van der Waals surface area contributed by atoms with Crippen molar-refractivity contribution in [2.75, 3.05) is 30.0 Å². The normalized spacial score (nSPS) is 16.7. The summed E-state index contributed by atoms with van der Waals surface area (Å²) >= 11 is 6.38. The maximum Gasteiger partial charge on any atom is 0.300 e. The predicted octanol–water partition coefficient (Wildman–Crippen LogP) is 6.14. The second-order valence-electron chi connectivity index (χ2n) is 9.25. The molecule has 1 fully saturated rings. The first-order valence-corrected chi connectivity index (χ1v) is 12.8. The number of aromatic hydroxyl groups is 1. The Morgan fingerprint density at radius 2 is 1.66 bits per heavy atom. The highest BCUT2D eigenvalue weighted by Crippen LogP contribution is 2.46. The van der Waals surface area contributed by atoms with Crippen LogP contribution in [-0.2, 0) is 9.59 Å². The van der Waals surface area contributed by atoms with Crippen molar-refractivity contribution < 1.29 is 24.5 Å². The maximum absolute atomic E-state index is 13.5. The van der Waals surface area contributed by atoms with Crippen LogP contribution in [0.2, 0.25) is 5.02 Å². The Morgan fingerprint density at radius 3 is 2.26 bits per heavy atom. The van der Waals surface area contributed by atoms with Gasteiger partial charge in [0.05, 0.1) is 35.0 Å². The number of Topliss-reactive ketones (excluding diaryl/α,β-unsaturated/α-hetero) is 1. The largest absolute Gasteiger partial charge is 0.507 e. The molecule has 0 aliphatic carbocycles. The van der Waals surface area contributed by atoms with Gasteiger partial charge < -0.3 is 19.8 Å². The molecule has 0 spiro atoms. The zero-order chi connectivity index (χ0) is 27.7. The number of hydrogen-bond donors (Lipinski definition) is 2. The third-order valence-corrected chi connectivity index (χ3v) is 7.10. The number of aryl methyl sites for hydroxylation is 2. The van der Waals surface area contributed by atoms with Gasteiger partial charge in [0, 0.05) is 18.8 Å². The Morgan fingerprint density at radius 1 is 1.00 bits per heavy atom. The summed E-state index contributed by atoms with van der Waals surface area (Å²) in [4.78, 5) is 30.5. The number of carbonyl (C=O) groups excluding carboxylic acids is 2. The number of phenolic OH excluding ortho intramolecular Hbond substituents is 1. The molecule has 2 N–H and O–H groups in total. The number of benzene rings is 3. The first-order valence-electron chi connectivity index (χ1n) is 12.4. The van der Waals surface area contributed by atoms with Gasteiger partial charge in [0.15, 0.2) is 0 Å². The van der Waals surface area contributed by atoms with Crippen molar-refractivity contribution in [1.29, 1.82) is 0 Å². The van der Waals surface area contributed by atoms with E-state index in [1.54, 1.807) is 31.2 Å². The summed E-state index contributed by atoms with van der Waals surface area (Å²) in [6, 6.07) is 14.7. The highest BCUT2D eigenvalue weighted by atomic mass is 35.5. The average Bonchev–Trinajstić information content (AvgIpc) is 3.16. The molecule has 0 saturated carbocycles. The van der Waals surface area contributed by atoms with Crippen molar-refractivity contribution >= 4 is 40.4 Å². The first-order chi connectivity index (χ1) is 18.1. The van der Waals surface area contributed by atoms with E-state index in [0.717, 1.165) is 29.9 Å². The molecule has 1 heterocycles. The van der Waals surface area contributed by atoms with E-state index in [1.807, 2.05) is 31.2 Å². The van der Waals surface area contributed by atoms with Gasteiger partial charge in [0.1, 0.15) is 17.3 Å². The molecule has 0 bridgehead atoms. The fourth-order valence-corrected chi connectivity index (χ4v) is 5.29. The minimum absolute atomic E-state index is 0.119. The van der Waals surface area contributed by atoms with Gasteiger partial charge in [-0.2, -0.15) is 0 Å². The monoisotopic (exact) mass is 534 g/mol. The molecule has 1 aliphatic rings. The van der Waals surface area contributed by atoms with Gasteiger partial charge in [-0.15, -0.1) is 0 Å². The standard InChI is InChI=1S/C30H31ClN2O5/c1-6-32(7-2)20-11-9-19(10-12-20)26-25(27(35)21-14-18(4)15-22(31)29(21)38-5)28(36)30(37)33(26)23-16-17(3)8-13-24(23)34/h8-16,26,34-35H,6-7H2,1-5H3/b27-25+. The highest BCUT2D eigenvalue weighted by Gasteiger charge is 2.48. The lowest BCUT2D eigenvalue weighted by Crippen LogP contribution is -2.29. The highest BCUT2D eigenvalue weighted by molar-refractivity contribution is 6.52. The third kappa shape index (κ3) is 4.70. The first kappa shape index (κ1) is 27.1. The molecule has 198 valence electrons. The van der Waals surface area contributed by atoms with Crippen molar-refractivity contribution in [2.24, 2.45) is 0 Å². The number of anilines is 2. The van der Waals surface area contributed by atoms with Crippen molar-refractivity contribution in [3.8, 4) is 11.5 Å². The van der Waals surface area contributed by atoms with Crippen LogP contribution in [0.25, 0.3) is 5.76 Å². The summed E-state index contributed by atoms with van der Waals surface area (Å²) in [5, 5.41) is 22.6. The fourth-order valence-electron chi connectivity index (χ4n) is 4.94. The van der Waals surface area contributed by atoms with Crippen LogP contribution in [0.15, 0.2) is 60.2 Å². The zero-order valence-electron chi connectivity index (χ0n) is 22.1. The van der Waals surface area contributed by atoms with Gasteiger partial charge in [-0.1, -0.05) is 29.8 Å².